The van der Waals surface area contributed by atoms with E-state index in [4.69, 9.17) is 4.98 Å². The minimum absolute atomic E-state index is 0.272. The summed E-state index contributed by atoms with van der Waals surface area (Å²) in [6.07, 6.45) is -4.27. The summed E-state index contributed by atoms with van der Waals surface area (Å²) >= 11 is 1.61. The van der Waals surface area contributed by atoms with Crippen molar-refractivity contribution in [3.8, 4) is 11.3 Å². The number of hydrogen-bond acceptors (Lipinski definition) is 3. The molecule has 0 radical (unpaired) electrons. The van der Waals surface area contributed by atoms with Gasteiger partial charge in [0.25, 0.3) is 0 Å². The van der Waals surface area contributed by atoms with E-state index >= 15 is 0 Å². The maximum absolute atomic E-state index is 12.2. The Labute approximate surface area is 148 Å². The molecule has 0 bridgehead atoms. The van der Waals surface area contributed by atoms with Crippen LogP contribution in [0.3, 0.4) is 0 Å². The fourth-order valence-electron chi connectivity index (χ4n) is 3.00. The Balaban J connectivity index is 1.54. The van der Waals surface area contributed by atoms with Crippen LogP contribution in [-0.4, -0.2) is 35.1 Å². The van der Waals surface area contributed by atoms with Gasteiger partial charge in [-0.3, -0.25) is 4.79 Å². The molecular weight excluding hydrogens is 349 g/mol. The van der Waals surface area contributed by atoms with Crippen LogP contribution in [0.1, 0.15) is 36.6 Å². The van der Waals surface area contributed by atoms with Crippen LogP contribution in [0.5, 0.6) is 0 Å². The number of halogens is 3. The summed E-state index contributed by atoms with van der Waals surface area (Å²) in [5.74, 6) is -0.131. The number of benzene rings is 1. The number of hydrogen-bond donors (Lipinski definition) is 0. The quantitative estimate of drug-likeness (QED) is 0.772. The lowest BCUT2D eigenvalue weighted by Gasteiger charge is -2.31. The second kappa shape index (κ2) is 7.56. The van der Waals surface area contributed by atoms with Gasteiger partial charge in [-0.2, -0.15) is 13.2 Å². The number of alkyl halides is 3. The van der Waals surface area contributed by atoms with Crippen LogP contribution in [0.2, 0.25) is 0 Å². The first-order valence-electron chi connectivity index (χ1n) is 8.28. The van der Waals surface area contributed by atoms with Crippen LogP contribution in [-0.2, 0) is 4.79 Å². The summed E-state index contributed by atoms with van der Waals surface area (Å²) in [5, 5.41) is 3.08. The summed E-state index contributed by atoms with van der Waals surface area (Å²) in [4.78, 5) is 18.1. The van der Waals surface area contributed by atoms with Crippen LogP contribution in [0.15, 0.2) is 35.7 Å². The van der Waals surface area contributed by atoms with Crippen LogP contribution in [0.25, 0.3) is 11.3 Å². The fraction of sp³-hybridized carbons (Fsp3) is 0.444. The molecule has 134 valence electrons. The van der Waals surface area contributed by atoms with E-state index in [-0.39, 0.29) is 5.92 Å². The largest absolute Gasteiger partial charge is 0.389 e. The zero-order valence-electron chi connectivity index (χ0n) is 13.6. The Morgan fingerprint density at radius 3 is 2.52 bits per heavy atom. The topological polar surface area (TPSA) is 33.2 Å². The number of thiazole rings is 1. The molecule has 0 atom stereocenters. The smallest absolute Gasteiger partial charge is 0.343 e. The average Bonchev–Trinajstić information content (AvgIpc) is 3.10. The average molecular weight is 368 g/mol. The van der Waals surface area contributed by atoms with Gasteiger partial charge in [-0.05, 0) is 12.8 Å². The molecule has 7 heteroatoms. The number of carbonyl (C=O) groups is 1. The third kappa shape index (κ3) is 4.81. The van der Waals surface area contributed by atoms with E-state index < -0.39 is 24.9 Å². The van der Waals surface area contributed by atoms with E-state index in [1.165, 1.54) is 0 Å². The second-order valence-corrected chi connectivity index (χ2v) is 7.10. The molecular formula is C18H19F3N2OS. The van der Waals surface area contributed by atoms with Gasteiger partial charge < -0.3 is 4.90 Å². The van der Waals surface area contributed by atoms with Crippen LogP contribution in [0.4, 0.5) is 13.2 Å². The molecule has 3 rings (SSSR count). The first-order chi connectivity index (χ1) is 11.9. The predicted molar refractivity (Wildman–Crippen MR) is 91.4 cm³/mol. The minimum Gasteiger partial charge on any atom is -0.343 e. The highest BCUT2D eigenvalue weighted by atomic mass is 32.1. The van der Waals surface area contributed by atoms with Crippen LogP contribution in [0, 0.1) is 0 Å². The van der Waals surface area contributed by atoms with Crippen molar-refractivity contribution in [1.82, 2.24) is 9.88 Å². The van der Waals surface area contributed by atoms with Crippen LogP contribution < -0.4 is 0 Å². The molecule has 1 aliphatic rings. The lowest BCUT2D eigenvalue weighted by atomic mass is 9.97. The van der Waals surface area contributed by atoms with E-state index in [2.05, 4.69) is 0 Å². The van der Waals surface area contributed by atoms with Gasteiger partial charge in [0, 0.05) is 36.4 Å². The standard InChI is InChI=1S/C18H19F3N2OS/c19-18(20,21)9-6-16(24)23-10-7-14(8-11-23)17-22-15(12-25-17)13-4-2-1-3-5-13/h1-5,12,14H,6-11H2. The fourth-order valence-corrected chi connectivity index (χ4v) is 4.00. The van der Waals surface area contributed by atoms with E-state index in [1.54, 1.807) is 16.2 Å². The molecule has 1 aromatic heterocycles. The van der Waals surface area contributed by atoms with Crippen molar-refractivity contribution >= 4 is 17.2 Å². The zero-order valence-corrected chi connectivity index (χ0v) is 14.4. The highest BCUT2D eigenvalue weighted by molar-refractivity contribution is 7.10. The number of amides is 1. The van der Waals surface area contributed by atoms with E-state index in [9.17, 15) is 18.0 Å². The van der Waals surface area contributed by atoms with Crippen molar-refractivity contribution in [2.24, 2.45) is 0 Å². The summed E-state index contributed by atoms with van der Waals surface area (Å²) in [6.45, 7) is 1.00. The molecule has 0 unspecified atom stereocenters. The molecule has 0 N–H and O–H groups in total. The van der Waals surface area contributed by atoms with Gasteiger partial charge in [0.05, 0.1) is 17.1 Å². The van der Waals surface area contributed by atoms with Gasteiger partial charge in [0.2, 0.25) is 5.91 Å². The van der Waals surface area contributed by atoms with E-state index in [0.717, 1.165) is 29.1 Å². The number of aromatic nitrogens is 1. The minimum atomic E-state index is -4.28. The third-order valence-corrected chi connectivity index (χ3v) is 5.42. The van der Waals surface area contributed by atoms with Crippen molar-refractivity contribution in [1.29, 1.82) is 0 Å². The summed E-state index contributed by atoms with van der Waals surface area (Å²) in [5.41, 5.74) is 2.02. The van der Waals surface area contributed by atoms with Gasteiger partial charge in [0.1, 0.15) is 0 Å². The Morgan fingerprint density at radius 2 is 1.88 bits per heavy atom. The number of carbonyl (C=O) groups excluding carboxylic acids is 1. The van der Waals surface area contributed by atoms with Gasteiger partial charge in [-0.25, -0.2) is 4.98 Å². The molecule has 3 nitrogen and oxygen atoms in total. The van der Waals surface area contributed by atoms with Crippen molar-refractivity contribution in [3.63, 3.8) is 0 Å². The lowest BCUT2D eigenvalue weighted by molar-refractivity contribution is -0.149. The molecule has 25 heavy (non-hydrogen) atoms. The monoisotopic (exact) mass is 368 g/mol. The number of rotatable bonds is 4. The van der Waals surface area contributed by atoms with Gasteiger partial charge in [0.15, 0.2) is 0 Å². The summed E-state index contributed by atoms with van der Waals surface area (Å²) < 4.78 is 36.7. The lowest BCUT2D eigenvalue weighted by Crippen LogP contribution is -2.38. The Morgan fingerprint density at radius 1 is 1.20 bits per heavy atom. The predicted octanol–water partition coefficient (Wildman–Crippen LogP) is 4.86. The normalized spacial score (nSPS) is 16.2. The Hall–Kier alpha value is -1.89. The molecule has 0 spiro atoms. The first-order valence-corrected chi connectivity index (χ1v) is 9.16. The molecule has 0 saturated carbocycles. The van der Waals surface area contributed by atoms with E-state index in [0.29, 0.717) is 13.1 Å². The zero-order chi connectivity index (χ0) is 17.9. The molecule has 0 aliphatic carbocycles. The van der Waals surface area contributed by atoms with Gasteiger partial charge in [-0.1, -0.05) is 30.3 Å². The SMILES string of the molecule is O=C(CCC(F)(F)F)N1CCC(c2nc(-c3ccccc3)cs2)CC1. The Bertz CT molecular complexity index is 707. The maximum atomic E-state index is 12.2. The molecule has 1 saturated heterocycles. The first kappa shape index (κ1) is 17.9. The third-order valence-electron chi connectivity index (χ3n) is 4.41. The number of piperidine rings is 1. The number of nitrogens with zero attached hydrogens (tertiary/aromatic N) is 2. The molecule has 2 aromatic rings. The maximum Gasteiger partial charge on any atom is 0.389 e. The molecule has 1 aliphatic heterocycles. The van der Waals surface area contributed by atoms with E-state index in [1.807, 2.05) is 35.7 Å². The van der Waals surface area contributed by atoms with Crippen LogP contribution >= 0.6 is 11.3 Å². The molecule has 1 aromatic carbocycles. The second-order valence-electron chi connectivity index (χ2n) is 6.21. The number of likely N-dealkylation sites (tertiary alicyclic amines) is 1. The molecule has 1 amide bonds. The summed E-state index contributed by atoms with van der Waals surface area (Å²) in [6, 6.07) is 9.93. The van der Waals surface area contributed by atoms with Gasteiger partial charge in [-0.15, -0.1) is 11.3 Å². The highest BCUT2D eigenvalue weighted by Gasteiger charge is 2.31. The van der Waals surface area contributed by atoms with Crippen molar-refractivity contribution < 1.29 is 18.0 Å². The molecule has 1 fully saturated rings. The summed E-state index contributed by atoms with van der Waals surface area (Å²) in [7, 11) is 0. The van der Waals surface area contributed by atoms with Crippen molar-refractivity contribution in [2.45, 2.75) is 37.8 Å². The Kier molecular flexibility index (Phi) is 5.42. The molecule has 2 heterocycles. The van der Waals surface area contributed by atoms with Crippen molar-refractivity contribution in [3.05, 3.63) is 40.7 Å². The highest BCUT2D eigenvalue weighted by Crippen LogP contribution is 2.33. The van der Waals surface area contributed by atoms with Crippen molar-refractivity contribution in [2.75, 3.05) is 13.1 Å². The van der Waals surface area contributed by atoms with Gasteiger partial charge >= 0.3 is 6.18 Å².